The number of nitrogens with zero attached hydrogens (tertiary/aromatic N) is 2. The van der Waals surface area contributed by atoms with E-state index >= 15 is 0 Å². The van der Waals surface area contributed by atoms with E-state index in [2.05, 4.69) is 4.98 Å². The Balaban J connectivity index is 1.75. The Kier molecular flexibility index (Phi) is 5.00. The van der Waals surface area contributed by atoms with Gasteiger partial charge in [-0.15, -0.1) is 0 Å². The number of fused-ring (bicyclic) bond motifs is 1. The van der Waals surface area contributed by atoms with E-state index in [0.29, 0.717) is 26.4 Å². The lowest BCUT2D eigenvalue weighted by atomic mass is 9.95. The predicted octanol–water partition coefficient (Wildman–Crippen LogP) is 5.72. The first kappa shape index (κ1) is 20.4. The second kappa shape index (κ2) is 7.85. The van der Waals surface area contributed by atoms with Crippen molar-refractivity contribution in [1.82, 2.24) is 4.98 Å². The number of rotatable bonds is 3. The van der Waals surface area contributed by atoms with E-state index in [-0.39, 0.29) is 16.5 Å². The second-order valence-corrected chi connectivity index (χ2v) is 8.64. The topological polar surface area (TPSA) is 70.5 Å². The van der Waals surface area contributed by atoms with Crippen LogP contribution in [0.5, 0.6) is 0 Å². The molecule has 1 aliphatic rings. The molecule has 4 aromatic rings. The number of amides is 1. The Morgan fingerprint density at radius 2 is 1.81 bits per heavy atom. The Hall–Kier alpha value is -3.55. The van der Waals surface area contributed by atoms with E-state index in [1.807, 2.05) is 0 Å². The molecule has 1 amide bonds. The molecule has 1 saturated heterocycles. The number of carbonyl (C=O) groups excluding carboxylic acids is 2. The van der Waals surface area contributed by atoms with Gasteiger partial charge in [0.25, 0.3) is 5.78 Å². The minimum atomic E-state index is -0.945. The first-order valence-electron chi connectivity index (χ1n) is 9.62. The Bertz CT molecular complexity index is 1420. The Morgan fingerprint density at radius 1 is 1.03 bits per heavy atom. The maximum Gasteiger partial charge on any atom is 0.301 e. The molecule has 158 valence electrons. The largest absolute Gasteiger partial charge is 0.507 e. The first-order chi connectivity index (χ1) is 15.4. The third-order valence-electron chi connectivity index (χ3n) is 5.20. The number of aliphatic hydroxyl groups is 1. The van der Waals surface area contributed by atoms with Gasteiger partial charge in [0.15, 0.2) is 5.13 Å². The van der Waals surface area contributed by atoms with Crippen LogP contribution in [-0.2, 0) is 9.59 Å². The summed E-state index contributed by atoms with van der Waals surface area (Å²) in [5, 5.41) is 11.7. The number of ketones is 1. The van der Waals surface area contributed by atoms with Gasteiger partial charge in [-0.05, 0) is 35.9 Å². The van der Waals surface area contributed by atoms with Crippen molar-refractivity contribution in [2.75, 3.05) is 4.90 Å². The molecule has 0 unspecified atom stereocenters. The third-order valence-corrected chi connectivity index (χ3v) is 6.45. The SMILES string of the molecule is O=C1C(=O)N(c2nc3ccc(F)cc3s2)[C@@H](c2cccc(Cl)c2)C1=C(O)c1ccccc1. The molecular formula is C24H14ClFN2O3S. The van der Waals surface area contributed by atoms with Gasteiger partial charge in [0, 0.05) is 10.6 Å². The van der Waals surface area contributed by atoms with Crippen molar-refractivity contribution in [2.24, 2.45) is 0 Å². The number of carbonyl (C=O) groups is 2. The molecule has 1 aromatic heterocycles. The normalized spacial score (nSPS) is 17.9. The van der Waals surface area contributed by atoms with Crippen molar-refractivity contribution in [3.63, 3.8) is 0 Å². The van der Waals surface area contributed by atoms with Gasteiger partial charge in [-0.2, -0.15) is 0 Å². The zero-order chi connectivity index (χ0) is 22.4. The monoisotopic (exact) mass is 464 g/mol. The molecule has 1 aliphatic heterocycles. The number of halogens is 2. The molecule has 1 atom stereocenters. The highest BCUT2D eigenvalue weighted by Gasteiger charge is 2.48. The highest BCUT2D eigenvalue weighted by atomic mass is 35.5. The van der Waals surface area contributed by atoms with Crippen molar-refractivity contribution in [3.8, 4) is 0 Å². The summed E-state index contributed by atoms with van der Waals surface area (Å²) in [6, 6.07) is 18.4. The number of thiazole rings is 1. The minimum absolute atomic E-state index is 0.0612. The summed E-state index contributed by atoms with van der Waals surface area (Å²) in [7, 11) is 0. The van der Waals surface area contributed by atoms with Crippen molar-refractivity contribution >= 4 is 55.7 Å². The minimum Gasteiger partial charge on any atom is -0.507 e. The quantitative estimate of drug-likeness (QED) is 0.239. The van der Waals surface area contributed by atoms with Crippen molar-refractivity contribution in [2.45, 2.75) is 6.04 Å². The summed E-state index contributed by atoms with van der Waals surface area (Å²) in [5.41, 5.74) is 1.39. The zero-order valence-corrected chi connectivity index (χ0v) is 17.9. The van der Waals surface area contributed by atoms with E-state index in [4.69, 9.17) is 11.6 Å². The highest BCUT2D eigenvalue weighted by molar-refractivity contribution is 7.22. The number of aromatic nitrogens is 1. The van der Waals surface area contributed by atoms with Gasteiger partial charge in [0.2, 0.25) is 0 Å². The van der Waals surface area contributed by atoms with Crippen LogP contribution in [0.3, 0.4) is 0 Å². The molecule has 5 rings (SSSR count). The fourth-order valence-electron chi connectivity index (χ4n) is 3.76. The van der Waals surface area contributed by atoms with Crippen molar-refractivity contribution in [3.05, 3.63) is 100 Å². The van der Waals surface area contributed by atoms with E-state index < -0.39 is 23.5 Å². The summed E-state index contributed by atoms with van der Waals surface area (Å²) in [5.74, 6) is -2.37. The lowest BCUT2D eigenvalue weighted by molar-refractivity contribution is -0.132. The summed E-state index contributed by atoms with van der Waals surface area (Å²) < 4.78 is 14.2. The van der Waals surface area contributed by atoms with Crippen LogP contribution in [0.15, 0.2) is 78.4 Å². The fourth-order valence-corrected chi connectivity index (χ4v) is 4.98. The van der Waals surface area contributed by atoms with Gasteiger partial charge in [-0.25, -0.2) is 9.37 Å². The average molecular weight is 465 g/mol. The standard InChI is InChI=1S/C24H14ClFN2O3S/c25-15-8-4-7-14(11-15)20-19(21(29)13-5-2-1-3-6-13)22(30)23(31)28(20)24-27-17-10-9-16(26)12-18(17)32-24/h1-12,20,29H/t20-/m0/s1. The van der Waals surface area contributed by atoms with Crippen LogP contribution in [0.25, 0.3) is 16.0 Å². The number of hydrogen-bond acceptors (Lipinski definition) is 5. The first-order valence-corrected chi connectivity index (χ1v) is 10.8. The summed E-state index contributed by atoms with van der Waals surface area (Å²) in [6.07, 6.45) is 0. The highest BCUT2D eigenvalue weighted by Crippen LogP contribution is 2.44. The van der Waals surface area contributed by atoms with Gasteiger partial charge in [0.05, 0.1) is 21.8 Å². The number of anilines is 1. The van der Waals surface area contributed by atoms with E-state index in [1.165, 1.54) is 23.1 Å². The smallest absolute Gasteiger partial charge is 0.301 e. The van der Waals surface area contributed by atoms with Gasteiger partial charge in [-0.1, -0.05) is 65.4 Å². The summed E-state index contributed by atoms with van der Waals surface area (Å²) in [6.45, 7) is 0. The number of benzene rings is 3. The molecule has 0 radical (unpaired) electrons. The number of hydrogen-bond donors (Lipinski definition) is 1. The van der Waals surface area contributed by atoms with Gasteiger partial charge in [0.1, 0.15) is 11.6 Å². The lowest BCUT2D eigenvalue weighted by Gasteiger charge is -2.23. The predicted molar refractivity (Wildman–Crippen MR) is 122 cm³/mol. The molecule has 32 heavy (non-hydrogen) atoms. The molecule has 3 aromatic carbocycles. The van der Waals surface area contributed by atoms with Crippen LogP contribution in [0.2, 0.25) is 5.02 Å². The maximum atomic E-state index is 13.7. The van der Waals surface area contributed by atoms with Crippen LogP contribution in [0, 0.1) is 5.82 Å². The average Bonchev–Trinajstić information content (AvgIpc) is 3.32. The van der Waals surface area contributed by atoms with E-state index in [9.17, 15) is 19.1 Å². The van der Waals surface area contributed by atoms with E-state index in [1.54, 1.807) is 54.6 Å². The molecule has 1 N–H and O–H groups in total. The molecule has 0 saturated carbocycles. The molecule has 0 bridgehead atoms. The molecule has 2 heterocycles. The van der Waals surface area contributed by atoms with Crippen LogP contribution in [-0.4, -0.2) is 21.8 Å². The molecule has 5 nitrogen and oxygen atoms in total. The molecule has 0 aliphatic carbocycles. The molecule has 1 fully saturated rings. The maximum absolute atomic E-state index is 13.7. The van der Waals surface area contributed by atoms with Crippen LogP contribution in [0.4, 0.5) is 9.52 Å². The van der Waals surface area contributed by atoms with Crippen molar-refractivity contribution < 1.29 is 19.1 Å². The lowest BCUT2D eigenvalue weighted by Crippen LogP contribution is -2.29. The Labute approximate surface area is 191 Å². The second-order valence-electron chi connectivity index (χ2n) is 7.20. The van der Waals surface area contributed by atoms with Gasteiger partial charge < -0.3 is 5.11 Å². The molecule has 8 heteroatoms. The Morgan fingerprint density at radius 3 is 2.56 bits per heavy atom. The van der Waals surface area contributed by atoms with Crippen molar-refractivity contribution in [1.29, 1.82) is 0 Å². The fraction of sp³-hybridized carbons (Fsp3) is 0.0417. The summed E-state index contributed by atoms with van der Waals surface area (Å²) >= 11 is 7.29. The number of aliphatic hydroxyl groups excluding tert-OH is 1. The molecular weight excluding hydrogens is 451 g/mol. The van der Waals surface area contributed by atoms with Gasteiger partial charge >= 0.3 is 5.91 Å². The third kappa shape index (κ3) is 3.36. The number of Topliss-reactive ketones (excluding diaryl/α,β-unsaturated/α-hetero) is 1. The van der Waals surface area contributed by atoms with Crippen LogP contribution >= 0.6 is 22.9 Å². The van der Waals surface area contributed by atoms with Gasteiger partial charge in [-0.3, -0.25) is 14.5 Å². The summed E-state index contributed by atoms with van der Waals surface area (Å²) in [4.78, 5) is 32.0. The van der Waals surface area contributed by atoms with Crippen LogP contribution < -0.4 is 4.90 Å². The van der Waals surface area contributed by atoms with Crippen LogP contribution in [0.1, 0.15) is 17.2 Å². The zero-order valence-electron chi connectivity index (χ0n) is 16.3. The van der Waals surface area contributed by atoms with E-state index in [0.717, 1.165) is 11.3 Å². The molecule has 0 spiro atoms.